The van der Waals surface area contributed by atoms with E-state index in [1.165, 1.54) is 22.7 Å². The molecule has 1 atom stereocenters. The Bertz CT molecular complexity index is 1270. The van der Waals surface area contributed by atoms with Crippen LogP contribution in [0.2, 0.25) is 0 Å². The number of carbonyl (C=O) groups excluding carboxylic acids is 1. The zero-order valence-electron chi connectivity index (χ0n) is 15.1. The Morgan fingerprint density at radius 2 is 2.07 bits per heavy atom. The van der Waals surface area contributed by atoms with E-state index in [1.807, 2.05) is 41.8 Å². The molecule has 0 radical (unpaired) electrons. The van der Waals surface area contributed by atoms with E-state index in [9.17, 15) is 13.2 Å². The van der Waals surface area contributed by atoms with E-state index >= 15 is 0 Å². The Hall–Kier alpha value is -2.56. The van der Waals surface area contributed by atoms with Crippen molar-refractivity contribution in [2.45, 2.75) is 12.5 Å². The van der Waals surface area contributed by atoms with Gasteiger partial charge in [-0.25, -0.2) is 13.4 Å². The maximum absolute atomic E-state index is 12.8. The Labute approximate surface area is 174 Å². The molecule has 29 heavy (non-hydrogen) atoms. The predicted octanol–water partition coefficient (Wildman–Crippen LogP) is 3.83. The van der Waals surface area contributed by atoms with Crippen LogP contribution in [-0.4, -0.2) is 40.6 Å². The number of aromatic nitrogens is 3. The predicted molar refractivity (Wildman–Crippen MR) is 115 cm³/mol. The van der Waals surface area contributed by atoms with Crippen LogP contribution in [0.25, 0.3) is 20.8 Å². The highest BCUT2D eigenvalue weighted by Gasteiger charge is 2.32. The minimum absolute atomic E-state index is 0.0476. The lowest BCUT2D eigenvalue weighted by molar-refractivity contribution is 0.102. The SMILES string of the molecule is O=C(Nc1nc2ccccc2s1)c1cc(-c2cccs2)n([C@H]2CCS(=O)(=O)C2)n1. The van der Waals surface area contributed by atoms with Gasteiger partial charge in [-0.15, -0.1) is 11.3 Å². The quantitative estimate of drug-likeness (QED) is 0.516. The van der Waals surface area contributed by atoms with Crippen molar-refractivity contribution in [3.05, 3.63) is 53.5 Å². The van der Waals surface area contributed by atoms with E-state index in [0.29, 0.717) is 11.6 Å². The molecule has 0 unspecified atom stereocenters. The monoisotopic (exact) mass is 444 g/mol. The third kappa shape index (κ3) is 3.59. The first-order valence-corrected chi connectivity index (χ1v) is 12.5. The van der Waals surface area contributed by atoms with Crippen LogP contribution in [0.1, 0.15) is 23.0 Å². The number of fused-ring (bicyclic) bond motifs is 1. The van der Waals surface area contributed by atoms with Gasteiger partial charge < -0.3 is 0 Å². The Morgan fingerprint density at radius 1 is 1.21 bits per heavy atom. The van der Waals surface area contributed by atoms with Crippen molar-refractivity contribution in [3.63, 3.8) is 0 Å². The fourth-order valence-electron chi connectivity index (χ4n) is 3.45. The Balaban J connectivity index is 1.48. The van der Waals surface area contributed by atoms with Gasteiger partial charge in [0.05, 0.1) is 38.3 Å². The molecule has 0 bridgehead atoms. The van der Waals surface area contributed by atoms with E-state index in [1.54, 1.807) is 10.7 Å². The number of nitrogens with zero attached hydrogens (tertiary/aromatic N) is 3. The van der Waals surface area contributed by atoms with Gasteiger partial charge in [-0.1, -0.05) is 29.5 Å². The van der Waals surface area contributed by atoms with Crippen molar-refractivity contribution in [1.82, 2.24) is 14.8 Å². The molecule has 3 aromatic heterocycles. The highest BCUT2D eigenvalue weighted by atomic mass is 32.2. The molecule has 1 saturated heterocycles. The van der Waals surface area contributed by atoms with E-state index in [-0.39, 0.29) is 29.1 Å². The lowest BCUT2D eigenvalue weighted by atomic mass is 10.2. The number of hydrogen-bond donors (Lipinski definition) is 1. The Kier molecular flexibility index (Phi) is 4.49. The van der Waals surface area contributed by atoms with Crippen LogP contribution >= 0.6 is 22.7 Å². The second kappa shape index (κ2) is 7.05. The summed E-state index contributed by atoms with van der Waals surface area (Å²) in [4.78, 5) is 18.2. The molecular weight excluding hydrogens is 428 g/mol. The maximum Gasteiger partial charge on any atom is 0.277 e. The lowest BCUT2D eigenvalue weighted by Gasteiger charge is -2.12. The van der Waals surface area contributed by atoms with Crippen LogP contribution in [0.3, 0.4) is 0 Å². The molecule has 1 fully saturated rings. The van der Waals surface area contributed by atoms with E-state index in [4.69, 9.17) is 0 Å². The first-order chi connectivity index (χ1) is 14.0. The summed E-state index contributed by atoms with van der Waals surface area (Å²) >= 11 is 2.93. The van der Waals surface area contributed by atoms with Gasteiger partial charge in [-0.3, -0.25) is 14.8 Å². The first-order valence-electron chi connectivity index (χ1n) is 8.99. The van der Waals surface area contributed by atoms with Gasteiger partial charge in [0.1, 0.15) is 0 Å². The molecule has 1 N–H and O–H groups in total. The smallest absolute Gasteiger partial charge is 0.277 e. The van der Waals surface area contributed by atoms with Crippen LogP contribution in [0, 0.1) is 0 Å². The minimum atomic E-state index is -3.07. The standard InChI is InChI=1S/C19H16N4O3S3/c24-18(21-19-20-13-4-1-2-5-16(13)28-19)14-10-15(17-6-3-8-27-17)23(22-14)12-7-9-29(25,26)11-12/h1-6,8,10,12H,7,9,11H2,(H,20,21,24)/t12-/m0/s1. The number of anilines is 1. The topological polar surface area (TPSA) is 94.0 Å². The molecule has 148 valence electrons. The number of rotatable bonds is 4. The number of para-hydroxylation sites is 1. The number of thiazole rings is 1. The van der Waals surface area contributed by atoms with Gasteiger partial charge >= 0.3 is 0 Å². The molecule has 0 spiro atoms. The van der Waals surface area contributed by atoms with Gasteiger partial charge in [-0.2, -0.15) is 5.10 Å². The molecule has 4 heterocycles. The zero-order valence-corrected chi connectivity index (χ0v) is 17.6. The van der Waals surface area contributed by atoms with Crippen LogP contribution < -0.4 is 5.32 Å². The minimum Gasteiger partial charge on any atom is -0.296 e. The molecular formula is C19H16N4O3S3. The van der Waals surface area contributed by atoms with Gasteiger partial charge in [0, 0.05) is 0 Å². The van der Waals surface area contributed by atoms with Crippen LogP contribution in [0.15, 0.2) is 47.8 Å². The third-order valence-corrected chi connectivity index (χ3v) is 8.41. The summed E-state index contributed by atoms with van der Waals surface area (Å²) in [5.74, 6) is -0.165. The zero-order chi connectivity index (χ0) is 20.0. The van der Waals surface area contributed by atoms with Gasteiger partial charge in [0.25, 0.3) is 5.91 Å². The van der Waals surface area contributed by atoms with Crippen LogP contribution in [0.4, 0.5) is 5.13 Å². The summed E-state index contributed by atoms with van der Waals surface area (Å²) in [6, 6.07) is 13.0. The van der Waals surface area contributed by atoms with E-state index in [0.717, 1.165) is 20.8 Å². The van der Waals surface area contributed by atoms with Crippen molar-refractivity contribution < 1.29 is 13.2 Å². The van der Waals surface area contributed by atoms with E-state index < -0.39 is 9.84 Å². The lowest BCUT2D eigenvalue weighted by Crippen LogP contribution is -2.16. The van der Waals surface area contributed by atoms with E-state index in [2.05, 4.69) is 15.4 Å². The van der Waals surface area contributed by atoms with Crippen molar-refractivity contribution in [2.24, 2.45) is 0 Å². The Morgan fingerprint density at radius 3 is 2.79 bits per heavy atom. The molecule has 1 aliphatic rings. The molecule has 0 saturated carbocycles. The molecule has 4 aromatic rings. The second-order valence-corrected chi connectivity index (χ2v) is 11.0. The number of benzene rings is 1. The molecule has 1 aliphatic heterocycles. The normalized spacial score (nSPS) is 18.3. The molecule has 0 aliphatic carbocycles. The van der Waals surface area contributed by atoms with Crippen molar-refractivity contribution in [3.8, 4) is 10.6 Å². The van der Waals surface area contributed by atoms with Gasteiger partial charge in [0.2, 0.25) is 0 Å². The highest BCUT2D eigenvalue weighted by molar-refractivity contribution is 7.91. The van der Waals surface area contributed by atoms with Crippen molar-refractivity contribution >= 4 is 53.8 Å². The molecule has 5 rings (SSSR count). The number of hydrogen-bond acceptors (Lipinski definition) is 7. The maximum atomic E-state index is 12.8. The number of sulfone groups is 1. The van der Waals surface area contributed by atoms with Crippen molar-refractivity contribution in [1.29, 1.82) is 0 Å². The second-order valence-electron chi connectivity index (χ2n) is 6.83. The summed E-state index contributed by atoms with van der Waals surface area (Å²) in [5.41, 5.74) is 1.84. The van der Waals surface area contributed by atoms with Crippen molar-refractivity contribution in [2.75, 3.05) is 16.8 Å². The van der Waals surface area contributed by atoms with Gasteiger partial charge in [-0.05, 0) is 36.1 Å². The molecule has 7 nitrogen and oxygen atoms in total. The number of amides is 1. The van der Waals surface area contributed by atoms with Crippen LogP contribution in [-0.2, 0) is 9.84 Å². The summed E-state index contributed by atoms with van der Waals surface area (Å²) in [5, 5.41) is 9.76. The summed E-state index contributed by atoms with van der Waals surface area (Å²) in [7, 11) is -3.07. The average Bonchev–Trinajstić information content (AvgIpc) is 3.46. The van der Waals surface area contributed by atoms with Crippen LogP contribution in [0.5, 0.6) is 0 Å². The highest BCUT2D eigenvalue weighted by Crippen LogP contribution is 2.33. The summed E-state index contributed by atoms with van der Waals surface area (Å²) in [6.45, 7) is 0. The summed E-state index contributed by atoms with van der Waals surface area (Å²) < 4.78 is 26.6. The molecule has 1 amide bonds. The number of carbonyl (C=O) groups is 1. The summed E-state index contributed by atoms with van der Waals surface area (Å²) in [6.07, 6.45) is 0.501. The van der Waals surface area contributed by atoms with Gasteiger partial charge in [0.15, 0.2) is 20.7 Å². The molecule has 1 aromatic carbocycles. The average molecular weight is 445 g/mol. The fourth-order valence-corrected chi connectivity index (χ4v) is 6.73. The third-order valence-electron chi connectivity index (χ3n) is 4.81. The number of thiophene rings is 1. The largest absolute Gasteiger partial charge is 0.296 e. The molecule has 10 heteroatoms. The fraction of sp³-hybridized carbons (Fsp3) is 0.211. The number of nitrogens with one attached hydrogen (secondary N) is 1. The first kappa shape index (κ1) is 18.5.